The van der Waals surface area contributed by atoms with E-state index >= 15 is 0 Å². The Kier molecular flexibility index (Phi) is 3.51. The van der Waals surface area contributed by atoms with Gasteiger partial charge in [0.1, 0.15) is 11.5 Å². The number of aromatic hydroxyl groups is 1. The molecule has 0 bridgehead atoms. The number of methoxy groups -OCH3 is 1. The fourth-order valence-corrected chi connectivity index (χ4v) is 1.58. The van der Waals surface area contributed by atoms with Crippen LogP contribution in [0.2, 0.25) is 0 Å². The molecule has 0 saturated carbocycles. The van der Waals surface area contributed by atoms with Crippen LogP contribution in [0.15, 0.2) is 36.7 Å². The summed E-state index contributed by atoms with van der Waals surface area (Å²) in [7, 11) is 1.46. The highest BCUT2D eigenvalue weighted by molar-refractivity contribution is 6.07. The zero-order valence-electron chi connectivity index (χ0n) is 10.3. The van der Waals surface area contributed by atoms with Gasteiger partial charge in [-0.05, 0) is 18.2 Å². The molecule has 0 aliphatic heterocycles. The molecule has 0 aliphatic rings. The van der Waals surface area contributed by atoms with Gasteiger partial charge in [-0.15, -0.1) is 0 Å². The molecule has 0 atom stereocenters. The van der Waals surface area contributed by atoms with Crippen molar-refractivity contribution in [2.24, 2.45) is 0 Å². The summed E-state index contributed by atoms with van der Waals surface area (Å²) in [5, 5.41) is 11.9. The number of pyridine rings is 1. The van der Waals surface area contributed by atoms with E-state index in [1.54, 1.807) is 6.07 Å². The Morgan fingerprint density at radius 1 is 1.42 bits per heavy atom. The summed E-state index contributed by atoms with van der Waals surface area (Å²) < 4.78 is 5.06. The lowest BCUT2D eigenvalue weighted by atomic mass is 10.2. The molecule has 1 aromatic carbocycles. The van der Waals surface area contributed by atoms with Crippen LogP contribution in [0.25, 0.3) is 0 Å². The molecule has 6 nitrogen and oxygen atoms in total. The second-order valence-electron chi connectivity index (χ2n) is 3.80. The molecular formula is C13H13N3O3. The molecule has 1 amide bonds. The van der Waals surface area contributed by atoms with Crippen molar-refractivity contribution in [1.29, 1.82) is 0 Å². The zero-order chi connectivity index (χ0) is 13.8. The second kappa shape index (κ2) is 5.26. The number of benzene rings is 1. The number of amides is 1. The van der Waals surface area contributed by atoms with Crippen LogP contribution in [0.4, 0.5) is 11.4 Å². The number of aromatic nitrogens is 1. The van der Waals surface area contributed by atoms with Gasteiger partial charge in [0.25, 0.3) is 5.91 Å². The lowest BCUT2D eigenvalue weighted by Gasteiger charge is -2.10. The first-order valence-corrected chi connectivity index (χ1v) is 5.49. The van der Waals surface area contributed by atoms with E-state index in [0.29, 0.717) is 17.0 Å². The van der Waals surface area contributed by atoms with Crippen molar-refractivity contribution >= 4 is 17.3 Å². The third kappa shape index (κ3) is 2.74. The van der Waals surface area contributed by atoms with Crippen molar-refractivity contribution in [2.45, 2.75) is 0 Å². The Balaban J connectivity index is 2.26. The van der Waals surface area contributed by atoms with Crippen molar-refractivity contribution in [3.63, 3.8) is 0 Å². The molecule has 0 fully saturated rings. The van der Waals surface area contributed by atoms with Crippen LogP contribution in [0, 0.1) is 0 Å². The smallest absolute Gasteiger partial charge is 0.259 e. The van der Waals surface area contributed by atoms with Crippen LogP contribution < -0.4 is 15.8 Å². The largest absolute Gasteiger partial charge is 0.508 e. The molecule has 1 heterocycles. The lowest BCUT2D eigenvalue weighted by molar-refractivity contribution is 0.102. The molecule has 0 aliphatic carbocycles. The van der Waals surface area contributed by atoms with Gasteiger partial charge in [0.15, 0.2) is 0 Å². The van der Waals surface area contributed by atoms with Crippen LogP contribution in [0.1, 0.15) is 10.4 Å². The quantitative estimate of drug-likeness (QED) is 0.575. The molecule has 6 heteroatoms. The number of ether oxygens (including phenoxy) is 1. The van der Waals surface area contributed by atoms with E-state index in [-0.39, 0.29) is 17.3 Å². The van der Waals surface area contributed by atoms with E-state index in [2.05, 4.69) is 10.3 Å². The standard InChI is InChI=1S/C13H13N3O3/c1-19-12-7-15-5-4-9(12)13(18)16-11-3-2-8(17)6-10(11)14/h2-7,17H,14H2,1H3,(H,16,18). The molecular weight excluding hydrogens is 246 g/mol. The molecule has 0 radical (unpaired) electrons. The summed E-state index contributed by atoms with van der Waals surface area (Å²) in [5.41, 5.74) is 6.75. The number of hydrogen-bond acceptors (Lipinski definition) is 5. The number of phenols is 1. The molecule has 2 rings (SSSR count). The van der Waals surface area contributed by atoms with Gasteiger partial charge < -0.3 is 20.9 Å². The highest BCUT2D eigenvalue weighted by atomic mass is 16.5. The van der Waals surface area contributed by atoms with E-state index < -0.39 is 0 Å². The summed E-state index contributed by atoms with van der Waals surface area (Å²) in [6.45, 7) is 0. The highest BCUT2D eigenvalue weighted by Crippen LogP contribution is 2.25. The van der Waals surface area contributed by atoms with Gasteiger partial charge in [-0.2, -0.15) is 0 Å². The molecule has 19 heavy (non-hydrogen) atoms. The minimum absolute atomic E-state index is 0.0389. The summed E-state index contributed by atoms with van der Waals surface area (Å²) >= 11 is 0. The van der Waals surface area contributed by atoms with E-state index in [9.17, 15) is 9.90 Å². The topological polar surface area (TPSA) is 97.5 Å². The van der Waals surface area contributed by atoms with E-state index in [4.69, 9.17) is 10.5 Å². The number of rotatable bonds is 3. The van der Waals surface area contributed by atoms with Crippen molar-refractivity contribution in [1.82, 2.24) is 4.98 Å². The van der Waals surface area contributed by atoms with Gasteiger partial charge in [0.05, 0.1) is 30.2 Å². The maximum atomic E-state index is 12.1. The number of phenolic OH excluding ortho intramolecular Hbond substituents is 1. The number of hydrogen-bond donors (Lipinski definition) is 3. The SMILES string of the molecule is COc1cnccc1C(=O)Nc1ccc(O)cc1N. The number of carbonyl (C=O) groups is 1. The van der Waals surface area contributed by atoms with Crippen molar-refractivity contribution in [3.05, 3.63) is 42.2 Å². The Morgan fingerprint density at radius 2 is 2.21 bits per heavy atom. The van der Waals surface area contributed by atoms with Crippen molar-refractivity contribution in [3.8, 4) is 11.5 Å². The second-order valence-corrected chi connectivity index (χ2v) is 3.80. The summed E-state index contributed by atoms with van der Waals surface area (Å²) in [6.07, 6.45) is 2.95. The van der Waals surface area contributed by atoms with Crippen LogP contribution in [-0.4, -0.2) is 23.1 Å². The van der Waals surface area contributed by atoms with E-state index in [0.717, 1.165) is 0 Å². The average molecular weight is 259 g/mol. The summed E-state index contributed by atoms with van der Waals surface area (Å²) in [6, 6.07) is 5.87. The molecule has 0 spiro atoms. The van der Waals surface area contributed by atoms with E-state index in [1.807, 2.05) is 0 Å². The van der Waals surface area contributed by atoms with Crippen LogP contribution in [0.5, 0.6) is 11.5 Å². The maximum absolute atomic E-state index is 12.1. The molecule has 4 N–H and O–H groups in total. The molecule has 0 unspecified atom stereocenters. The fraction of sp³-hybridized carbons (Fsp3) is 0.0769. The molecule has 0 saturated heterocycles. The average Bonchev–Trinajstić information content (AvgIpc) is 2.41. The fourth-order valence-electron chi connectivity index (χ4n) is 1.58. The van der Waals surface area contributed by atoms with Crippen LogP contribution in [-0.2, 0) is 0 Å². The summed E-state index contributed by atoms with van der Waals surface area (Å²) in [5.74, 6) is 0.0472. The number of nitrogens with one attached hydrogen (secondary N) is 1. The number of nitrogen functional groups attached to an aromatic ring is 1. The first kappa shape index (κ1) is 12.7. The Bertz CT molecular complexity index is 614. The third-order valence-electron chi connectivity index (χ3n) is 2.53. The van der Waals surface area contributed by atoms with Gasteiger partial charge in [-0.3, -0.25) is 9.78 Å². The molecule has 1 aromatic heterocycles. The minimum atomic E-state index is -0.364. The number of carbonyl (C=O) groups excluding carboxylic acids is 1. The summed E-state index contributed by atoms with van der Waals surface area (Å²) in [4.78, 5) is 16.0. The van der Waals surface area contributed by atoms with Gasteiger partial charge in [0.2, 0.25) is 0 Å². The van der Waals surface area contributed by atoms with Gasteiger partial charge in [0, 0.05) is 12.3 Å². The molecule has 98 valence electrons. The van der Waals surface area contributed by atoms with E-state index in [1.165, 1.54) is 37.7 Å². The number of nitrogens with two attached hydrogens (primary N) is 1. The Morgan fingerprint density at radius 3 is 2.89 bits per heavy atom. The number of anilines is 2. The number of nitrogens with zero attached hydrogens (tertiary/aromatic N) is 1. The van der Waals surface area contributed by atoms with Crippen molar-refractivity contribution < 1.29 is 14.6 Å². The minimum Gasteiger partial charge on any atom is -0.508 e. The predicted octanol–water partition coefficient (Wildman–Crippen LogP) is 1.63. The zero-order valence-corrected chi connectivity index (χ0v) is 10.3. The lowest BCUT2D eigenvalue weighted by Crippen LogP contribution is -2.14. The predicted molar refractivity (Wildman–Crippen MR) is 71.3 cm³/mol. The van der Waals surface area contributed by atoms with Gasteiger partial charge in [-0.1, -0.05) is 0 Å². The van der Waals surface area contributed by atoms with Gasteiger partial charge >= 0.3 is 0 Å². The van der Waals surface area contributed by atoms with Gasteiger partial charge in [-0.25, -0.2) is 0 Å². The monoisotopic (exact) mass is 259 g/mol. The first-order valence-electron chi connectivity index (χ1n) is 5.49. The van der Waals surface area contributed by atoms with Crippen LogP contribution >= 0.6 is 0 Å². The normalized spacial score (nSPS) is 9.95. The molecule has 2 aromatic rings. The first-order chi connectivity index (χ1) is 9.11. The highest BCUT2D eigenvalue weighted by Gasteiger charge is 2.13. The van der Waals surface area contributed by atoms with Crippen molar-refractivity contribution in [2.75, 3.05) is 18.2 Å². The maximum Gasteiger partial charge on any atom is 0.259 e. The van der Waals surface area contributed by atoms with Crippen LogP contribution in [0.3, 0.4) is 0 Å². The Hall–Kier alpha value is -2.76. The Labute approximate surface area is 109 Å². The third-order valence-corrected chi connectivity index (χ3v) is 2.53.